The minimum Gasteiger partial charge on any atom is -0.508 e. The second kappa shape index (κ2) is 6.43. The first-order valence-corrected chi connectivity index (χ1v) is 6.70. The molecule has 0 aliphatic carbocycles. The summed E-state index contributed by atoms with van der Waals surface area (Å²) in [5.74, 6) is 0.886. The highest BCUT2D eigenvalue weighted by Gasteiger charge is 2.02. The minimum atomic E-state index is 0.331. The molecule has 4 nitrogen and oxygen atoms in total. The predicted molar refractivity (Wildman–Crippen MR) is 78.8 cm³/mol. The Morgan fingerprint density at radius 1 is 1.32 bits per heavy atom. The van der Waals surface area contributed by atoms with Crippen LogP contribution in [0.4, 0.5) is 5.69 Å². The van der Waals surface area contributed by atoms with Crippen LogP contribution in [0.3, 0.4) is 0 Å². The number of aromatic nitrogens is 1. The van der Waals surface area contributed by atoms with E-state index in [0.29, 0.717) is 11.6 Å². The molecule has 1 heterocycles. The van der Waals surface area contributed by atoms with E-state index in [2.05, 4.69) is 26.2 Å². The van der Waals surface area contributed by atoms with Gasteiger partial charge in [-0.3, -0.25) is 0 Å². The molecule has 0 amide bonds. The van der Waals surface area contributed by atoms with Crippen LogP contribution < -0.4 is 10.1 Å². The zero-order valence-electron chi connectivity index (χ0n) is 10.6. The van der Waals surface area contributed by atoms with E-state index in [9.17, 15) is 5.11 Å². The highest BCUT2D eigenvalue weighted by atomic mass is 79.9. The van der Waals surface area contributed by atoms with Crippen molar-refractivity contribution in [2.24, 2.45) is 0 Å². The minimum absolute atomic E-state index is 0.331. The molecule has 5 heteroatoms. The van der Waals surface area contributed by atoms with Gasteiger partial charge in [-0.05, 0) is 40.0 Å². The number of hydrogen-bond donors (Lipinski definition) is 2. The summed E-state index contributed by atoms with van der Waals surface area (Å²) < 4.78 is 5.82. The predicted octanol–water partition coefficient (Wildman–Crippen LogP) is 3.21. The van der Waals surface area contributed by atoms with Gasteiger partial charge in [0.1, 0.15) is 10.4 Å². The Balaban J connectivity index is 1.96. The molecule has 0 atom stereocenters. The molecule has 0 aliphatic heterocycles. The summed E-state index contributed by atoms with van der Waals surface area (Å²) in [6, 6.07) is 11.1. The summed E-state index contributed by atoms with van der Waals surface area (Å²) in [5.41, 5.74) is 1.85. The fourth-order valence-corrected chi connectivity index (χ4v) is 2.16. The van der Waals surface area contributed by atoms with Crippen molar-refractivity contribution in [2.45, 2.75) is 6.42 Å². The lowest BCUT2D eigenvalue weighted by molar-refractivity contribution is 0.397. The van der Waals surface area contributed by atoms with Crippen molar-refractivity contribution in [1.29, 1.82) is 0 Å². The van der Waals surface area contributed by atoms with Crippen LogP contribution in [0.2, 0.25) is 0 Å². The number of anilines is 1. The van der Waals surface area contributed by atoms with E-state index in [1.165, 1.54) is 0 Å². The van der Waals surface area contributed by atoms with Crippen LogP contribution in [0.5, 0.6) is 11.6 Å². The lowest BCUT2D eigenvalue weighted by Gasteiger charge is -2.09. The van der Waals surface area contributed by atoms with Gasteiger partial charge in [-0.25, -0.2) is 4.98 Å². The molecule has 0 radical (unpaired) electrons. The van der Waals surface area contributed by atoms with E-state index >= 15 is 0 Å². The fourth-order valence-electron chi connectivity index (χ4n) is 1.74. The lowest BCUT2D eigenvalue weighted by atomic mass is 10.1. The Hall–Kier alpha value is -1.75. The molecule has 0 bridgehead atoms. The van der Waals surface area contributed by atoms with Gasteiger partial charge in [-0.2, -0.15) is 0 Å². The van der Waals surface area contributed by atoms with E-state index in [1.54, 1.807) is 13.2 Å². The van der Waals surface area contributed by atoms with Crippen LogP contribution in [0.25, 0.3) is 0 Å². The molecule has 0 unspecified atom stereocenters. The Morgan fingerprint density at radius 2 is 2.11 bits per heavy atom. The number of hydrogen-bond acceptors (Lipinski definition) is 4. The van der Waals surface area contributed by atoms with Crippen molar-refractivity contribution in [1.82, 2.24) is 4.98 Å². The maximum atomic E-state index is 9.67. The molecule has 19 heavy (non-hydrogen) atoms. The largest absolute Gasteiger partial charge is 0.508 e. The van der Waals surface area contributed by atoms with E-state index < -0.39 is 0 Å². The third-order valence-corrected chi connectivity index (χ3v) is 3.10. The Kier molecular flexibility index (Phi) is 4.63. The van der Waals surface area contributed by atoms with Gasteiger partial charge >= 0.3 is 0 Å². The monoisotopic (exact) mass is 322 g/mol. The van der Waals surface area contributed by atoms with Crippen LogP contribution in [0, 0.1) is 0 Å². The first-order chi connectivity index (χ1) is 9.19. The average molecular weight is 323 g/mol. The highest BCUT2D eigenvalue weighted by Crippen LogP contribution is 2.21. The van der Waals surface area contributed by atoms with Gasteiger partial charge in [0.25, 0.3) is 0 Å². The van der Waals surface area contributed by atoms with Crippen molar-refractivity contribution in [3.05, 3.63) is 46.6 Å². The summed E-state index contributed by atoms with van der Waals surface area (Å²) in [7, 11) is 1.58. The summed E-state index contributed by atoms with van der Waals surface area (Å²) in [6.07, 6.45) is 0.745. The number of rotatable bonds is 5. The summed E-state index contributed by atoms with van der Waals surface area (Å²) in [6.45, 7) is 0.719. The highest BCUT2D eigenvalue weighted by molar-refractivity contribution is 9.10. The molecular formula is C14H15BrN2O2. The first-order valence-electron chi connectivity index (χ1n) is 5.91. The summed E-state index contributed by atoms with van der Waals surface area (Å²) >= 11 is 3.33. The third-order valence-electron chi connectivity index (χ3n) is 2.69. The van der Waals surface area contributed by atoms with Gasteiger partial charge in [0, 0.05) is 18.3 Å². The molecule has 2 N–H and O–H groups in total. The van der Waals surface area contributed by atoms with E-state index in [4.69, 9.17) is 4.74 Å². The van der Waals surface area contributed by atoms with Gasteiger partial charge in [-0.15, -0.1) is 0 Å². The second-order valence-corrected chi connectivity index (χ2v) is 4.84. The van der Waals surface area contributed by atoms with Crippen molar-refractivity contribution in [3.63, 3.8) is 0 Å². The maximum Gasteiger partial charge on any atom is 0.216 e. The maximum absolute atomic E-state index is 9.67. The average Bonchev–Trinajstić information content (AvgIpc) is 2.40. The standard InChI is InChI=1S/C14H15BrN2O2/c1-19-14-9-11(8-13(15)17-14)16-7-6-10-4-2-3-5-12(10)18/h2-5,8-9,18H,6-7H2,1H3,(H,16,17). The molecule has 2 rings (SSSR count). The molecule has 2 aromatic rings. The van der Waals surface area contributed by atoms with E-state index in [0.717, 1.165) is 28.8 Å². The fraction of sp³-hybridized carbons (Fsp3) is 0.214. The Bertz CT molecular complexity index is 561. The van der Waals surface area contributed by atoms with Crippen LogP contribution in [-0.4, -0.2) is 23.7 Å². The molecule has 0 saturated carbocycles. The second-order valence-electron chi connectivity index (χ2n) is 4.03. The zero-order valence-corrected chi connectivity index (χ0v) is 12.1. The SMILES string of the molecule is COc1cc(NCCc2ccccc2O)cc(Br)n1. The quantitative estimate of drug-likeness (QED) is 0.830. The van der Waals surface area contributed by atoms with Crippen LogP contribution in [0.1, 0.15) is 5.56 Å². The number of benzene rings is 1. The number of nitrogens with one attached hydrogen (secondary N) is 1. The molecule has 0 saturated heterocycles. The Labute approximate surface area is 120 Å². The molecular weight excluding hydrogens is 308 g/mol. The zero-order chi connectivity index (χ0) is 13.7. The van der Waals surface area contributed by atoms with E-state index in [-0.39, 0.29) is 0 Å². The third kappa shape index (κ3) is 3.86. The van der Waals surface area contributed by atoms with E-state index in [1.807, 2.05) is 30.3 Å². The van der Waals surface area contributed by atoms with Crippen molar-refractivity contribution in [2.75, 3.05) is 19.0 Å². The molecule has 1 aromatic heterocycles. The van der Waals surface area contributed by atoms with Gasteiger partial charge in [0.15, 0.2) is 0 Å². The van der Waals surface area contributed by atoms with Gasteiger partial charge in [-0.1, -0.05) is 18.2 Å². The molecule has 0 spiro atoms. The number of nitrogens with zero attached hydrogens (tertiary/aromatic N) is 1. The number of phenols is 1. The number of pyridine rings is 1. The molecule has 1 aromatic carbocycles. The molecule has 0 aliphatic rings. The number of phenolic OH excluding ortho intramolecular Hbond substituents is 1. The number of halogens is 1. The summed E-state index contributed by atoms with van der Waals surface area (Å²) in [4.78, 5) is 4.15. The van der Waals surface area contributed by atoms with Crippen LogP contribution in [0.15, 0.2) is 41.0 Å². The molecule has 0 fully saturated rings. The smallest absolute Gasteiger partial charge is 0.216 e. The number of aromatic hydroxyl groups is 1. The number of methoxy groups -OCH3 is 1. The van der Waals surface area contributed by atoms with Crippen LogP contribution >= 0.6 is 15.9 Å². The van der Waals surface area contributed by atoms with Crippen LogP contribution in [-0.2, 0) is 6.42 Å². The van der Waals surface area contributed by atoms with Crippen molar-refractivity contribution < 1.29 is 9.84 Å². The lowest BCUT2D eigenvalue weighted by Crippen LogP contribution is -2.05. The number of para-hydroxylation sites is 1. The summed E-state index contributed by atoms with van der Waals surface area (Å²) in [5, 5.41) is 12.9. The Morgan fingerprint density at radius 3 is 2.84 bits per heavy atom. The van der Waals surface area contributed by atoms with Crippen molar-refractivity contribution in [3.8, 4) is 11.6 Å². The van der Waals surface area contributed by atoms with Crippen molar-refractivity contribution >= 4 is 21.6 Å². The van der Waals surface area contributed by atoms with Gasteiger partial charge < -0.3 is 15.2 Å². The normalized spacial score (nSPS) is 10.2. The van der Waals surface area contributed by atoms with Gasteiger partial charge in [0.05, 0.1) is 7.11 Å². The first kappa shape index (κ1) is 13.7. The molecule has 100 valence electrons. The number of ether oxygens (including phenoxy) is 1. The van der Waals surface area contributed by atoms with Gasteiger partial charge in [0.2, 0.25) is 5.88 Å². The topological polar surface area (TPSA) is 54.4 Å².